The highest BCUT2D eigenvalue weighted by Crippen LogP contribution is 2.25. The maximum absolute atomic E-state index is 13.0. The van der Waals surface area contributed by atoms with Crippen molar-refractivity contribution in [2.75, 3.05) is 19.3 Å². The largest absolute Gasteiger partial charge is 0.351 e. The van der Waals surface area contributed by atoms with Gasteiger partial charge in [-0.1, -0.05) is 30.3 Å². The van der Waals surface area contributed by atoms with E-state index in [-0.39, 0.29) is 30.9 Å². The van der Waals surface area contributed by atoms with Crippen molar-refractivity contribution in [2.24, 2.45) is 5.73 Å². The molecule has 0 spiro atoms. The smallest absolute Gasteiger partial charge is 0.254 e. The molecule has 1 atom stereocenters. The van der Waals surface area contributed by atoms with Crippen LogP contribution >= 0.6 is 0 Å². The van der Waals surface area contributed by atoms with Gasteiger partial charge in [-0.15, -0.1) is 0 Å². The summed E-state index contributed by atoms with van der Waals surface area (Å²) in [6, 6.07) is 8.58. The Morgan fingerprint density at radius 1 is 1.03 bits per heavy atom. The molecule has 2 fully saturated rings. The van der Waals surface area contributed by atoms with Gasteiger partial charge >= 0.3 is 0 Å². The van der Waals surface area contributed by atoms with Crippen LogP contribution < -0.4 is 11.1 Å². The predicted molar refractivity (Wildman–Crippen MR) is 109 cm³/mol. The van der Waals surface area contributed by atoms with Crippen LogP contribution in [0, 0.1) is 0 Å². The number of nitrogens with two attached hydrogens (primary N) is 1. The number of sulfonamides is 2. The molecule has 1 amide bonds. The average molecular weight is 445 g/mol. The van der Waals surface area contributed by atoms with Gasteiger partial charge in [0.15, 0.2) is 6.17 Å². The lowest BCUT2D eigenvalue weighted by Crippen LogP contribution is -2.56. The first-order valence-electron chi connectivity index (χ1n) is 9.64. The second-order valence-corrected chi connectivity index (χ2v) is 11.6. The van der Waals surface area contributed by atoms with Crippen molar-refractivity contribution >= 4 is 26.0 Å². The van der Waals surface area contributed by atoms with Crippen LogP contribution in [-0.4, -0.2) is 68.9 Å². The Kier molecular flexibility index (Phi) is 6.64. The fraction of sp³-hybridized carbons (Fsp3) is 0.611. The Morgan fingerprint density at radius 2 is 1.62 bits per heavy atom. The van der Waals surface area contributed by atoms with Gasteiger partial charge in [-0.25, -0.2) is 16.8 Å². The third kappa shape index (κ3) is 5.34. The van der Waals surface area contributed by atoms with Crippen LogP contribution in [0.5, 0.6) is 0 Å². The Hall–Kier alpha value is -1.53. The Balaban J connectivity index is 1.82. The van der Waals surface area contributed by atoms with Crippen LogP contribution in [-0.2, 0) is 30.6 Å². The summed E-state index contributed by atoms with van der Waals surface area (Å²) in [5, 5.41) is 2.84. The minimum absolute atomic E-state index is 0.0551. The third-order valence-corrected chi connectivity index (χ3v) is 8.44. The van der Waals surface area contributed by atoms with Crippen LogP contribution in [0.3, 0.4) is 0 Å². The number of amides is 1. The zero-order chi connectivity index (χ0) is 21.2. The summed E-state index contributed by atoms with van der Waals surface area (Å²) in [6.45, 7) is -0.115. The van der Waals surface area contributed by atoms with Crippen LogP contribution in [0.15, 0.2) is 30.3 Å². The number of hydrogen-bond donors (Lipinski definition) is 2. The average Bonchev–Trinajstić information content (AvgIpc) is 3.11. The monoisotopic (exact) mass is 444 g/mol. The molecule has 1 aliphatic heterocycles. The molecule has 3 rings (SSSR count). The molecular formula is C18H28N4O5S2. The van der Waals surface area contributed by atoms with E-state index >= 15 is 0 Å². The molecule has 162 valence electrons. The van der Waals surface area contributed by atoms with E-state index in [1.807, 2.05) is 0 Å². The number of nitrogens with zero attached hydrogens (tertiary/aromatic N) is 2. The fourth-order valence-electron chi connectivity index (χ4n) is 3.89. The molecule has 1 saturated heterocycles. The zero-order valence-electron chi connectivity index (χ0n) is 16.4. The second kappa shape index (κ2) is 8.68. The Bertz CT molecular complexity index is 928. The Labute approximate surface area is 172 Å². The van der Waals surface area contributed by atoms with Gasteiger partial charge in [-0.3, -0.25) is 4.79 Å². The lowest BCUT2D eigenvalue weighted by Gasteiger charge is -2.31. The van der Waals surface area contributed by atoms with E-state index in [9.17, 15) is 21.6 Å². The first-order valence-corrected chi connectivity index (χ1v) is 13.1. The number of hydrogen-bond acceptors (Lipinski definition) is 6. The minimum Gasteiger partial charge on any atom is -0.351 e. The summed E-state index contributed by atoms with van der Waals surface area (Å²) in [4.78, 5) is 13.0. The van der Waals surface area contributed by atoms with Crippen molar-refractivity contribution in [3.05, 3.63) is 35.9 Å². The predicted octanol–water partition coefficient (Wildman–Crippen LogP) is -0.194. The van der Waals surface area contributed by atoms with Gasteiger partial charge in [0.25, 0.3) is 5.91 Å². The number of benzene rings is 1. The summed E-state index contributed by atoms with van der Waals surface area (Å²) in [6.07, 6.45) is 2.49. The lowest BCUT2D eigenvalue weighted by atomic mass is 9.92. The van der Waals surface area contributed by atoms with Crippen molar-refractivity contribution in [1.29, 1.82) is 0 Å². The van der Waals surface area contributed by atoms with E-state index in [0.717, 1.165) is 27.7 Å². The first-order chi connectivity index (χ1) is 13.6. The van der Waals surface area contributed by atoms with E-state index in [2.05, 4.69) is 5.32 Å². The van der Waals surface area contributed by atoms with Crippen molar-refractivity contribution in [1.82, 2.24) is 13.9 Å². The van der Waals surface area contributed by atoms with Crippen LogP contribution in [0.25, 0.3) is 0 Å². The van der Waals surface area contributed by atoms with Gasteiger partial charge in [-0.05, 0) is 31.2 Å². The normalized spacial score (nSPS) is 27.0. The number of nitrogens with one attached hydrogen (secondary N) is 1. The Morgan fingerprint density at radius 3 is 2.21 bits per heavy atom. The fourth-order valence-corrected chi connectivity index (χ4v) is 6.59. The molecule has 29 heavy (non-hydrogen) atoms. The second-order valence-electron chi connectivity index (χ2n) is 7.72. The molecule has 0 radical (unpaired) electrons. The summed E-state index contributed by atoms with van der Waals surface area (Å²) in [5.41, 5.74) is 6.47. The summed E-state index contributed by atoms with van der Waals surface area (Å²) < 4.78 is 52.5. The van der Waals surface area contributed by atoms with Crippen molar-refractivity contribution in [2.45, 2.75) is 49.7 Å². The molecule has 1 aromatic rings. The summed E-state index contributed by atoms with van der Waals surface area (Å²) >= 11 is 0. The standard InChI is InChI=1S/C18H28N4O5S2/c1-28(24,25)21-11-12-22(29(26,27)13-14-5-3-2-4-6-14)18(21)17(23)20-16-9-7-15(19)8-10-16/h2-6,15-16,18H,7-13,19H2,1H3,(H,20,23). The maximum atomic E-state index is 13.0. The molecule has 1 aliphatic carbocycles. The summed E-state index contributed by atoms with van der Waals surface area (Å²) in [5.74, 6) is -0.905. The van der Waals surface area contributed by atoms with Gasteiger partial charge in [0, 0.05) is 25.2 Å². The molecular weight excluding hydrogens is 416 g/mol. The van der Waals surface area contributed by atoms with Gasteiger partial charge in [0.2, 0.25) is 20.0 Å². The highest BCUT2D eigenvalue weighted by Gasteiger charge is 2.47. The minimum atomic E-state index is -3.90. The highest BCUT2D eigenvalue weighted by molar-refractivity contribution is 7.89. The molecule has 1 aromatic carbocycles. The molecule has 3 N–H and O–H groups in total. The van der Waals surface area contributed by atoms with Gasteiger partial charge in [0.1, 0.15) is 0 Å². The molecule has 1 unspecified atom stereocenters. The van der Waals surface area contributed by atoms with Gasteiger partial charge < -0.3 is 11.1 Å². The molecule has 1 saturated carbocycles. The first kappa shape index (κ1) is 22.2. The van der Waals surface area contributed by atoms with E-state index in [4.69, 9.17) is 5.73 Å². The van der Waals surface area contributed by atoms with E-state index < -0.39 is 32.1 Å². The van der Waals surface area contributed by atoms with Crippen molar-refractivity contribution < 1.29 is 21.6 Å². The summed E-state index contributed by atoms with van der Waals surface area (Å²) in [7, 11) is -7.67. The van der Waals surface area contributed by atoms with Crippen LogP contribution in [0.4, 0.5) is 0 Å². The van der Waals surface area contributed by atoms with E-state index in [1.165, 1.54) is 0 Å². The van der Waals surface area contributed by atoms with E-state index in [0.29, 0.717) is 18.4 Å². The van der Waals surface area contributed by atoms with Crippen molar-refractivity contribution in [3.8, 4) is 0 Å². The number of carbonyl (C=O) groups excluding carboxylic acids is 1. The third-order valence-electron chi connectivity index (χ3n) is 5.41. The van der Waals surface area contributed by atoms with Crippen molar-refractivity contribution in [3.63, 3.8) is 0 Å². The molecule has 0 aromatic heterocycles. The maximum Gasteiger partial charge on any atom is 0.254 e. The lowest BCUT2D eigenvalue weighted by molar-refractivity contribution is -0.127. The molecule has 9 nitrogen and oxygen atoms in total. The highest BCUT2D eigenvalue weighted by atomic mass is 32.2. The van der Waals surface area contributed by atoms with Gasteiger partial charge in [0.05, 0.1) is 12.0 Å². The molecule has 0 bridgehead atoms. The number of rotatable bonds is 6. The van der Waals surface area contributed by atoms with Gasteiger partial charge in [-0.2, -0.15) is 8.61 Å². The SMILES string of the molecule is CS(=O)(=O)N1CCN(S(=O)(=O)Cc2ccccc2)C1C(=O)NC1CCC(N)CC1. The van der Waals surface area contributed by atoms with Crippen LogP contribution in [0.1, 0.15) is 31.2 Å². The molecule has 1 heterocycles. The van der Waals surface area contributed by atoms with Crippen LogP contribution in [0.2, 0.25) is 0 Å². The van der Waals surface area contributed by atoms with E-state index in [1.54, 1.807) is 30.3 Å². The zero-order valence-corrected chi connectivity index (χ0v) is 18.0. The molecule has 2 aliphatic rings. The number of carbonyl (C=O) groups is 1. The molecule has 11 heteroatoms. The topological polar surface area (TPSA) is 130 Å². The quantitative estimate of drug-likeness (QED) is 0.625.